The quantitative estimate of drug-likeness (QED) is 0.629. The first-order valence-corrected chi connectivity index (χ1v) is 8.66. The molecule has 0 aromatic heterocycles. The second kappa shape index (κ2) is 7.09. The summed E-state index contributed by atoms with van der Waals surface area (Å²) in [5, 5.41) is 0. The number of hydrogen-bond donors (Lipinski definition) is 0. The van der Waals surface area contributed by atoms with Crippen LogP contribution in [0.25, 0.3) is 0 Å². The highest BCUT2D eigenvalue weighted by atomic mass is 16.5. The maximum atomic E-state index is 12.4. The van der Waals surface area contributed by atoms with Crippen molar-refractivity contribution < 1.29 is 14.3 Å². The third kappa shape index (κ3) is 3.73. The largest absolute Gasteiger partial charge is 0.426 e. The third-order valence-electron chi connectivity index (χ3n) is 4.66. The molecule has 1 aliphatic rings. The van der Waals surface area contributed by atoms with Crippen molar-refractivity contribution in [3.63, 3.8) is 0 Å². The molecule has 0 unspecified atom stereocenters. The van der Waals surface area contributed by atoms with Crippen LogP contribution >= 0.6 is 0 Å². The van der Waals surface area contributed by atoms with E-state index < -0.39 is 5.92 Å². The van der Waals surface area contributed by atoms with Crippen LogP contribution < -0.4 is 9.64 Å². The standard InChI is InChI=1S/C21H23NO3/c1-4-16-7-9-18(10-8-16)25-21(24)17-12-20(23)22(13-17)19-11-14(2)5-6-15(19)3/h5-11,17H,4,12-13H2,1-3H3/t17-/m0/s1. The minimum atomic E-state index is -0.432. The molecule has 0 bridgehead atoms. The summed E-state index contributed by atoms with van der Waals surface area (Å²) in [5.74, 6) is -0.277. The molecule has 1 atom stereocenters. The lowest BCUT2D eigenvalue weighted by molar-refractivity contribution is -0.139. The van der Waals surface area contributed by atoms with E-state index in [4.69, 9.17) is 4.74 Å². The van der Waals surface area contributed by atoms with Crippen LogP contribution in [0, 0.1) is 19.8 Å². The maximum absolute atomic E-state index is 12.4. The number of anilines is 1. The fourth-order valence-corrected chi connectivity index (χ4v) is 3.10. The Kier molecular flexibility index (Phi) is 4.88. The number of ether oxygens (including phenoxy) is 1. The van der Waals surface area contributed by atoms with Crippen molar-refractivity contribution in [3.05, 3.63) is 59.2 Å². The van der Waals surface area contributed by atoms with E-state index >= 15 is 0 Å². The molecule has 2 aromatic carbocycles. The number of carbonyl (C=O) groups is 2. The predicted molar refractivity (Wildman–Crippen MR) is 97.8 cm³/mol. The van der Waals surface area contributed by atoms with Gasteiger partial charge in [-0.25, -0.2) is 0 Å². The predicted octanol–water partition coefficient (Wildman–Crippen LogP) is 3.82. The Morgan fingerprint density at radius 3 is 2.56 bits per heavy atom. The van der Waals surface area contributed by atoms with Crippen LogP contribution in [-0.2, 0) is 16.0 Å². The molecule has 1 fully saturated rings. The van der Waals surface area contributed by atoms with Crippen LogP contribution in [0.2, 0.25) is 0 Å². The Morgan fingerprint density at radius 2 is 1.88 bits per heavy atom. The maximum Gasteiger partial charge on any atom is 0.316 e. The number of amides is 1. The average molecular weight is 337 g/mol. The summed E-state index contributed by atoms with van der Waals surface area (Å²) in [6.07, 6.45) is 1.13. The zero-order valence-electron chi connectivity index (χ0n) is 14.9. The van der Waals surface area contributed by atoms with Gasteiger partial charge in [-0.3, -0.25) is 9.59 Å². The molecule has 0 saturated carbocycles. The zero-order valence-corrected chi connectivity index (χ0v) is 14.9. The number of esters is 1. The third-order valence-corrected chi connectivity index (χ3v) is 4.66. The molecule has 1 heterocycles. The molecule has 2 aromatic rings. The van der Waals surface area contributed by atoms with Crippen molar-refractivity contribution in [2.45, 2.75) is 33.6 Å². The van der Waals surface area contributed by atoms with Crippen molar-refractivity contribution >= 4 is 17.6 Å². The number of rotatable bonds is 4. The highest BCUT2D eigenvalue weighted by Crippen LogP contribution is 2.29. The lowest BCUT2D eigenvalue weighted by Gasteiger charge is -2.19. The normalized spacial score (nSPS) is 17.0. The van der Waals surface area contributed by atoms with Crippen LogP contribution in [0.15, 0.2) is 42.5 Å². The molecule has 1 saturated heterocycles. The summed E-state index contributed by atoms with van der Waals surface area (Å²) < 4.78 is 5.47. The smallest absolute Gasteiger partial charge is 0.316 e. The van der Waals surface area contributed by atoms with Gasteiger partial charge in [0.15, 0.2) is 0 Å². The lowest BCUT2D eigenvalue weighted by atomic mass is 10.1. The average Bonchev–Trinajstić information content (AvgIpc) is 2.99. The van der Waals surface area contributed by atoms with Gasteiger partial charge in [0.05, 0.1) is 5.92 Å². The fourth-order valence-electron chi connectivity index (χ4n) is 3.10. The summed E-state index contributed by atoms with van der Waals surface area (Å²) in [4.78, 5) is 26.6. The van der Waals surface area contributed by atoms with Gasteiger partial charge in [0, 0.05) is 18.7 Å². The van der Waals surface area contributed by atoms with Gasteiger partial charge in [-0.05, 0) is 55.2 Å². The van der Waals surface area contributed by atoms with E-state index in [1.807, 2.05) is 44.2 Å². The number of hydrogen-bond acceptors (Lipinski definition) is 3. The van der Waals surface area contributed by atoms with Crippen LogP contribution in [0.5, 0.6) is 5.75 Å². The molecule has 3 rings (SSSR count). The summed E-state index contributed by atoms with van der Waals surface area (Å²) >= 11 is 0. The molecule has 1 amide bonds. The van der Waals surface area contributed by atoms with Crippen molar-refractivity contribution in [3.8, 4) is 5.75 Å². The lowest BCUT2D eigenvalue weighted by Crippen LogP contribution is -2.27. The first-order chi connectivity index (χ1) is 12.0. The molecule has 0 spiro atoms. The highest BCUT2D eigenvalue weighted by Gasteiger charge is 2.36. The van der Waals surface area contributed by atoms with Crippen molar-refractivity contribution in [1.82, 2.24) is 0 Å². The van der Waals surface area contributed by atoms with Crippen LogP contribution in [-0.4, -0.2) is 18.4 Å². The van der Waals surface area contributed by atoms with Gasteiger partial charge in [0.25, 0.3) is 0 Å². The molecule has 0 N–H and O–H groups in total. The molecule has 0 radical (unpaired) electrons. The van der Waals surface area contributed by atoms with Gasteiger partial charge >= 0.3 is 5.97 Å². The van der Waals surface area contributed by atoms with Gasteiger partial charge in [-0.2, -0.15) is 0 Å². The Morgan fingerprint density at radius 1 is 1.16 bits per heavy atom. The summed E-state index contributed by atoms with van der Waals surface area (Å²) in [5.41, 5.74) is 4.20. The second-order valence-corrected chi connectivity index (χ2v) is 6.61. The molecule has 1 aliphatic heterocycles. The van der Waals surface area contributed by atoms with Gasteiger partial charge in [0.2, 0.25) is 5.91 Å². The monoisotopic (exact) mass is 337 g/mol. The first kappa shape index (κ1) is 17.2. The summed E-state index contributed by atoms with van der Waals surface area (Å²) in [6.45, 7) is 6.42. The topological polar surface area (TPSA) is 46.6 Å². The van der Waals surface area contributed by atoms with E-state index in [2.05, 4.69) is 6.92 Å². The zero-order chi connectivity index (χ0) is 18.0. The molecular weight excluding hydrogens is 314 g/mol. The van der Waals surface area contributed by atoms with Crippen LogP contribution in [0.4, 0.5) is 5.69 Å². The van der Waals surface area contributed by atoms with E-state index in [0.717, 1.165) is 23.2 Å². The van der Waals surface area contributed by atoms with E-state index in [1.54, 1.807) is 17.0 Å². The number of aryl methyl sites for hydroxylation is 3. The van der Waals surface area contributed by atoms with Crippen molar-refractivity contribution in [2.24, 2.45) is 5.92 Å². The van der Waals surface area contributed by atoms with E-state index in [9.17, 15) is 9.59 Å². The Labute approximate surface area is 148 Å². The Bertz CT molecular complexity index is 795. The molecule has 25 heavy (non-hydrogen) atoms. The van der Waals surface area contributed by atoms with E-state index in [0.29, 0.717) is 12.3 Å². The molecule has 130 valence electrons. The molecule has 0 aliphatic carbocycles. The number of benzene rings is 2. The van der Waals surface area contributed by atoms with Gasteiger partial charge in [-0.15, -0.1) is 0 Å². The minimum absolute atomic E-state index is 0.0306. The minimum Gasteiger partial charge on any atom is -0.426 e. The van der Waals surface area contributed by atoms with Gasteiger partial charge in [-0.1, -0.05) is 31.2 Å². The number of nitrogens with zero attached hydrogens (tertiary/aromatic N) is 1. The van der Waals surface area contributed by atoms with Crippen molar-refractivity contribution in [1.29, 1.82) is 0 Å². The molecule has 4 nitrogen and oxygen atoms in total. The van der Waals surface area contributed by atoms with Crippen LogP contribution in [0.1, 0.15) is 30.0 Å². The highest BCUT2D eigenvalue weighted by molar-refractivity contribution is 6.00. The fraction of sp³-hybridized carbons (Fsp3) is 0.333. The van der Waals surface area contributed by atoms with E-state index in [1.165, 1.54) is 5.56 Å². The number of carbonyl (C=O) groups excluding carboxylic acids is 2. The Hall–Kier alpha value is -2.62. The molecular formula is C21H23NO3. The van der Waals surface area contributed by atoms with Crippen molar-refractivity contribution in [2.75, 3.05) is 11.4 Å². The first-order valence-electron chi connectivity index (χ1n) is 8.66. The summed E-state index contributed by atoms with van der Waals surface area (Å²) in [7, 11) is 0. The van der Waals surface area contributed by atoms with Crippen LogP contribution in [0.3, 0.4) is 0 Å². The van der Waals surface area contributed by atoms with Gasteiger partial charge in [0.1, 0.15) is 5.75 Å². The van der Waals surface area contributed by atoms with E-state index in [-0.39, 0.29) is 18.3 Å². The Balaban J connectivity index is 1.71. The SMILES string of the molecule is CCc1ccc(OC(=O)[C@H]2CC(=O)N(c3cc(C)ccc3C)C2)cc1. The summed E-state index contributed by atoms with van der Waals surface area (Å²) in [6, 6.07) is 13.5. The molecule has 4 heteroatoms. The van der Waals surface area contributed by atoms with Gasteiger partial charge < -0.3 is 9.64 Å². The second-order valence-electron chi connectivity index (χ2n) is 6.61.